The van der Waals surface area contributed by atoms with Gasteiger partial charge in [-0.2, -0.15) is 0 Å². The number of nitro benzene ring substituents is 1. The maximum atomic E-state index is 13.1. The molecule has 0 aliphatic carbocycles. The standard InChI is InChI=1S/C22H27N3O4/c1-16(21(27)23-22(2,3)4)24(15-17-10-6-5-7-11-17)20(26)14-18-12-8-9-13-19(18)25(28)29/h5-13,16H,14-15H2,1-4H3,(H,23,27)/t16-/m0/s1. The first-order chi connectivity index (χ1) is 13.6. The van der Waals surface area contributed by atoms with Crippen molar-refractivity contribution in [3.63, 3.8) is 0 Å². The Kier molecular flexibility index (Phi) is 7.09. The van der Waals surface area contributed by atoms with E-state index in [0.29, 0.717) is 5.56 Å². The van der Waals surface area contributed by atoms with Gasteiger partial charge >= 0.3 is 0 Å². The van der Waals surface area contributed by atoms with Crippen LogP contribution in [0.25, 0.3) is 0 Å². The van der Waals surface area contributed by atoms with Gasteiger partial charge in [0.15, 0.2) is 0 Å². The van der Waals surface area contributed by atoms with Crippen molar-refractivity contribution < 1.29 is 14.5 Å². The largest absolute Gasteiger partial charge is 0.350 e. The van der Waals surface area contributed by atoms with Gasteiger partial charge in [0.05, 0.1) is 11.3 Å². The van der Waals surface area contributed by atoms with Gasteiger partial charge in [0.2, 0.25) is 11.8 Å². The number of nitrogens with one attached hydrogen (secondary N) is 1. The third kappa shape index (κ3) is 6.41. The van der Waals surface area contributed by atoms with Crippen LogP contribution in [0, 0.1) is 10.1 Å². The van der Waals surface area contributed by atoms with Crippen molar-refractivity contribution in [2.24, 2.45) is 0 Å². The maximum Gasteiger partial charge on any atom is 0.273 e. The lowest BCUT2D eigenvalue weighted by Crippen LogP contribution is -2.52. The SMILES string of the molecule is C[C@@H](C(=O)NC(C)(C)C)N(Cc1ccccc1)C(=O)Cc1ccccc1[N+](=O)[O-]. The van der Waals surface area contributed by atoms with Crippen molar-refractivity contribution in [2.45, 2.75) is 52.2 Å². The van der Waals surface area contributed by atoms with Gasteiger partial charge < -0.3 is 10.2 Å². The summed E-state index contributed by atoms with van der Waals surface area (Å²) in [6, 6.07) is 14.8. The van der Waals surface area contributed by atoms with Crippen LogP contribution < -0.4 is 5.32 Å². The van der Waals surface area contributed by atoms with Gasteiger partial charge in [-0.25, -0.2) is 0 Å². The van der Waals surface area contributed by atoms with Crippen LogP contribution in [0.4, 0.5) is 5.69 Å². The lowest BCUT2D eigenvalue weighted by Gasteiger charge is -2.31. The van der Waals surface area contributed by atoms with E-state index < -0.39 is 16.5 Å². The first-order valence-electron chi connectivity index (χ1n) is 9.46. The molecule has 2 rings (SSSR count). The van der Waals surface area contributed by atoms with E-state index in [1.807, 2.05) is 51.1 Å². The Labute approximate surface area is 170 Å². The summed E-state index contributed by atoms with van der Waals surface area (Å²) in [6.45, 7) is 7.51. The number of amides is 2. The summed E-state index contributed by atoms with van der Waals surface area (Å²) >= 11 is 0. The minimum atomic E-state index is -0.732. The van der Waals surface area contributed by atoms with Gasteiger partial charge in [0.1, 0.15) is 6.04 Å². The monoisotopic (exact) mass is 397 g/mol. The fourth-order valence-corrected chi connectivity index (χ4v) is 2.94. The number of hydrogen-bond donors (Lipinski definition) is 1. The molecule has 7 nitrogen and oxygen atoms in total. The maximum absolute atomic E-state index is 13.1. The average molecular weight is 397 g/mol. The van der Waals surface area contributed by atoms with Crippen LogP contribution in [0.5, 0.6) is 0 Å². The fourth-order valence-electron chi connectivity index (χ4n) is 2.94. The molecular formula is C22H27N3O4. The summed E-state index contributed by atoms with van der Waals surface area (Å²) in [5.74, 6) is -0.621. The Hall–Kier alpha value is -3.22. The average Bonchev–Trinajstić information content (AvgIpc) is 2.65. The number of rotatable bonds is 7. The summed E-state index contributed by atoms with van der Waals surface area (Å²) in [5.41, 5.74) is 0.653. The lowest BCUT2D eigenvalue weighted by molar-refractivity contribution is -0.385. The lowest BCUT2D eigenvalue weighted by atomic mass is 10.1. The molecule has 0 aliphatic rings. The molecule has 0 spiro atoms. The molecule has 1 N–H and O–H groups in total. The van der Waals surface area contributed by atoms with Crippen LogP contribution >= 0.6 is 0 Å². The topological polar surface area (TPSA) is 92.6 Å². The molecule has 7 heteroatoms. The highest BCUT2D eigenvalue weighted by Gasteiger charge is 2.29. The molecule has 0 heterocycles. The number of carbonyl (C=O) groups is 2. The zero-order valence-corrected chi connectivity index (χ0v) is 17.2. The van der Waals surface area contributed by atoms with Crippen LogP contribution in [0.15, 0.2) is 54.6 Å². The van der Waals surface area contributed by atoms with Crippen molar-refractivity contribution >= 4 is 17.5 Å². The number of nitro groups is 1. The van der Waals surface area contributed by atoms with Gasteiger partial charge in [-0.3, -0.25) is 19.7 Å². The Morgan fingerprint density at radius 1 is 1.07 bits per heavy atom. The summed E-state index contributed by atoms with van der Waals surface area (Å²) in [6.07, 6.45) is -0.156. The van der Waals surface area contributed by atoms with E-state index in [1.54, 1.807) is 25.1 Å². The summed E-state index contributed by atoms with van der Waals surface area (Å²) in [5, 5.41) is 14.2. The van der Waals surface area contributed by atoms with Crippen molar-refractivity contribution in [1.29, 1.82) is 0 Å². The van der Waals surface area contributed by atoms with Gasteiger partial charge in [-0.05, 0) is 33.3 Å². The minimum absolute atomic E-state index is 0.104. The normalized spacial score (nSPS) is 12.1. The van der Waals surface area contributed by atoms with E-state index in [2.05, 4.69) is 5.32 Å². The molecule has 0 aromatic heterocycles. The second kappa shape index (κ2) is 9.32. The highest BCUT2D eigenvalue weighted by Crippen LogP contribution is 2.20. The van der Waals surface area contributed by atoms with Crippen LogP contribution in [0.3, 0.4) is 0 Å². The Bertz CT molecular complexity index is 875. The van der Waals surface area contributed by atoms with Crippen LogP contribution in [0.2, 0.25) is 0 Å². The molecule has 154 valence electrons. The molecule has 1 atom stereocenters. The number of benzene rings is 2. The van der Waals surface area contributed by atoms with Crippen molar-refractivity contribution in [3.8, 4) is 0 Å². The highest BCUT2D eigenvalue weighted by molar-refractivity contribution is 5.88. The van der Waals surface area contributed by atoms with E-state index in [0.717, 1.165) is 5.56 Å². The van der Waals surface area contributed by atoms with E-state index in [9.17, 15) is 19.7 Å². The number of hydrogen-bond acceptors (Lipinski definition) is 4. The van der Waals surface area contributed by atoms with E-state index in [-0.39, 0.29) is 30.5 Å². The molecule has 0 saturated carbocycles. The molecule has 2 aromatic carbocycles. The van der Waals surface area contributed by atoms with Crippen molar-refractivity contribution in [2.75, 3.05) is 0 Å². The van der Waals surface area contributed by atoms with Gasteiger partial charge in [-0.15, -0.1) is 0 Å². The first kappa shape index (κ1) is 22.1. The predicted molar refractivity (Wildman–Crippen MR) is 111 cm³/mol. The molecule has 0 aliphatic heterocycles. The fraction of sp³-hybridized carbons (Fsp3) is 0.364. The second-order valence-electron chi connectivity index (χ2n) is 7.99. The molecule has 0 saturated heterocycles. The quantitative estimate of drug-likeness (QED) is 0.572. The van der Waals surface area contributed by atoms with Crippen LogP contribution in [0.1, 0.15) is 38.8 Å². The van der Waals surface area contributed by atoms with Gasteiger partial charge in [0.25, 0.3) is 5.69 Å². The molecule has 2 amide bonds. The van der Waals surface area contributed by atoms with E-state index >= 15 is 0 Å². The molecule has 0 unspecified atom stereocenters. The summed E-state index contributed by atoms with van der Waals surface area (Å²) in [7, 11) is 0. The van der Waals surface area contributed by atoms with Crippen molar-refractivity contribution in [3.05, 3.63) is 75.8 Å². The van der Waals surface area contributed by atoms with E-state index in [4.69, 9.17) is 0 Å². The molecule has 29 heavy (non-hydrogen) atoms. The number of para-hydroxylation sites is 1. The Balaban J connectivity index is 2.30. The molecule has 0 fully saturated rings. The Morgan fingerprint density at radius 2 is 1.66 bits per heavy atom. The van der Waals surface area contributed by atoms with Crippen molar-refractivity contribution in [1.82, 2.24) is 10.2 Å². The smallest absolute Gasteiger partial charge is 0.273 e. The third-order valence-electron chi connectivity index (χ3n) is 4.39. The molecular weight excluding hydrogens is 370 g/mol. The zero-order valence-electron chi connectivity index (χ0n) is 17.2. The van der Waals surface area contributed by atoms with E-state index in [1.165, 1.54) is 11.0 Å². The van der Waals surface area contributed by atoms with Crippen LogP contribution in [-0.4, -0.2) is 33.2 Å². The third-order valence-corrected chi connectivity index (χ3v) is 4.39. The zero-order chi connectivity index (χ0) is 21.6. The summed E-state index contributed by atoms with van der Waals surface area (Å²) in [4.78, 5) is 38.1. The Morgan fingerprint density at radius 3 is 2.24 bits per heavy atom. The molecule has 0 bridgehead atoms. The first-order valence-corrected chi connectivity index (χ1v) is 9.46. The number of carbonyl (C=O) groups excluding carboxylic acids is 2. The molecule has 0 radical (unpaired) electrons. The minimum Gasteiger partial charge on any atom is -0.350 e. The molecule has 2 aromatic rings. The second-order valence-corrected chi connectivity index (χ2v) is 7.99. The van der Waals surface area contributed by atoms with Crippen LogP contribution in [-0.2, 0) is 22.6 Å². The predicted octanol–water partition coefficient (Wildman–Crippen LogP) is 3.47. The number of nitrogens with zero attached hydrogens (tertiary/aromatic N) is 2. The summed E-state index contributed by atoms with van der Waals surface area (Å²) < 4.78 is 0. The van der Waals surface area contributed by atoms with Gasteiger partial charge in [0, 0.05) is 23.7 Å². The van der Waals surface area contributed by atoms with Gasteiger partial charge in [-0.1, -0.05) is 48.5 Å². The highest BCUT2D eigenvalue weighted by atomic mass is 16.6.